The summed E-state index contributed by atoms with van der Waals surface area (Å²) in [6, 6.07) is -1.24. The van der Waals surface area contributed by atoms with Crippen molar-refractivity contribution < 1.29 is 24.2 Å². The third kappa shape index (κ3) is 3.26. The highest BCUT2D eigenvalue weighted by molar-refractivity contribution is 8.02. The van der Waals surface area contributed by atoms with E-state index in [-0.39, 0.29) is 43.0 Å². The van der Waals surface area contributed by atoms with E-state index >= 15 is 0 Å². The number of aliphatic hydroxyl groups is 1. The number of hydrogen-bond acceptors (Lipinski definition) is 6. The topological polar surface area (TPSA) is 95.9 Å². The Balaban J connectivity index is 2.11. The second-order valence-electron chi connectivity index (χ2n) is 9.38. The van der Waals surface area contributed by atoms with E-state index in [1.165, 1.54) is 0 Å². The van der Waals surface area contributed by atoms with Crippen LogP contribution in [0.5, 0.6) is 0 Å². The molecule has 2 N–H and O–H groups in total. The number of rotatable bonds is 7. The molecule has 3 saturated heterocycles. The first kappa shape index (κ1) is 22.4. The van der Waals surface area contributed by atoms with E-state index in [0.29, 0.717) is 6.42 Å². The molecular formula is C21H34N2O5S. The van der Waals surface area contributed by atoms with Crippen molar-refractivity contribution in [1.29, 1.82) is 0 Å². The lowest BCUT2D eigenvalue weighted by atomic mass is 9.66. The van der Waals surface area contributed by atoms with E-state index in [4.69, 9.17) is 4.74 Å². The zero-order valence-corrected chi connectivity index (χ0v) is 19.0. The fourth-order valence-electron chi connectivity index (χ4n) is 5.59. The first-order valence-electron chi connectivity index (χ1n) is 10.6. The van der Waals surface area contributed by atoms with Crippen molar-refractivity contribution in [3.8, 4) is 0 Å². The van der Waals surface area contributed by atoms with Gasteiger partial charge in [-0.2, -0.15) is 0 Å². The highest BCUT2D eigenvalue weighted by Crippen LogP contribution is 2.71. The Bertz CT molecular complexity index is 699. The van der Waals surface area contributed by atoms with Crippen molar-refractivity contribution in [3.05, 3.63) is 0 Å². The van der Waals surface area contributed by atoms with Crippen molar-refractivity contribution in [2.75, 3.05) is 13.2 Å². The maximum Gasteiger partial charge on any atom is 0.311 e. The van der Waals surface area contributed by atoms with E-state index < -0.39 is 33.4 Å². The summed E-state index contributed by atoms with van der Waals surface area (Å²) in [5, 5.41) is 13.1. The lowest BCUT2D eigenvalue weighted by molar-refractivity contribution is -0.155. The molecule has 3 aliphatic heterocycles. The zero-order valence-electron chi connectivity index (χ0n) is 18.2. The minimum atomic E-state index is -0.701. The average molecular weight is 427 g/mol. The molecule has 1 spiro atoms. The Morgan fingerprint density at radius 1 is 1.31 bits per heavy atom. The highest BCUT2D eigenvalue weighted by atomic mass is 32.2. The lowest BCUT2D eigenvalue weighted by Gasteiger charge is -2.38. The Morgan fingerprint density at radius 3 is 2.48 bits per heavy atom. The number of hydrogen-bond donors (Lipinski definition) is 2. The zero-order chi connectivity index (χ0) is 21.7. The Labute approximate surface area is 177 Å². The quantitative estimate of drug-likeness (QED) is 0.600. The van der Waals surface area contributed by atoms with Gasteiger partial charge in [-0.25, -0.2) is 0 Å². The summed E-state index contributed by atoms with van der Waals surface area (Å²) in [4.78, 5) is 41.6. The van der Waals surface area contributed by atoms with Gasteiger partial charge in [-0.15, -0.1) is 11.8 Å². The van der Waals surface area contributed by atoms with Crippen LogP contribution in [0, 0.1) is 17.8 Å². The molecule has 3 aliphatic rings. The van der Waals surface area contributed by atoms with E-state index in [1.807, 2.05) is 34.6 Å². The summed E-state index contributed by atoms with van der Waals surface area (Å²) < 4.78 is 4.28. The first-order valence-corrected chi connectivity index (χ1v) is 11.5. The van der Waals surface area contributed by atoms with Gasteiger partial charge in [0.05, 0.1) is 35.8 Å². The van der Waals surface area contributed by atoms with Crippen LogP contribution < -0.4 is 5.32 Å². The number of fused-ring (bicyclic) bond motifs is 1. The summed E-state index contributed by atoms with van der Waals surface area (Å²) >= 11 is 1.62. The van der Waals surface area contributed by atoms with Crippen LogP contribution in [0.3, 0.4) is 0 Å². The Hall–Kier alpha value is -1.28. The van der Waals surface area contributed by atoms with Gasteiger partial charge in [0.2, 0.25) is 11.8 Å². The molecule has 0 aromatic rings. The minimum Gasteiger partial charge on any atom is -0.466 e. The number of aliphatic hydroxyl groups excluding tert-OH is 1. The highest BCUT2D eigenvalue weighted by Gasteiger charge is 2.78. The molecule has 164 valence electrons. The number of nitrogens with one attached hydrogen (secondary N) is 1. The molecule has 29 heavy (non-hydrogen) atoms. The van der Waals surface area contributed by atoms with Gasteiger partial charge in [0.15, 0.2) is 0 Å². The molecule has 0 aromatic carbocycles. The van der Waals surface area contributed by atoms with Gasteiger partial charge in [0.1, 0.15) is 6.04 Å². The Morgan fingerprint density at radius 2 is 1.97 bits per heavy atom. The van der Waals surface area contributed by atoms with Crippen LogP contribution in [0.1, 0.15) is 54.4 Å². The van der Waals surface area contributed by atoms with Crippen LogP contribution in [0.15, 0.2) is 0 Å². The van der Waals surface area contributed by atoms with Crippen molar-refractivity contribution in [1.82, 2.24) is 10.2 Å². The van der Waals surface area contributed by atoms with Gasteiger partial charge in [0, 0.05) is 10.8 Å². The van der Waals surface area contributed by atoms with E-state index in [9.17, 15) is 19.5 Å². The average Bonchev–Trinajstić information content (AvgIpc) is 3.16. The molecule has 7 nitrogen and oxygen atoms in total. The summed E-state index contributed by atoms with van der Waals surface area (Å²) in [5.74, 6) is -1.93. The van der Waals surface area contributed by atoms with Gasteiger partial charge in [-0.3, -0.25) is 14.4 Å². The third-order valence-corrected chi connectivity index (χ3v) is 8.73. The Kier molecular flexibility index (Phi) is 6.00. The van der Waals surface area contributed by atoms with Gasteiger partial charge in [-0.1, -0.05) is 13.8 Å². The number of nitrogens with zero attached hydrogens (tertiary/aromatic N) is 1. The van der Waals surface area contributed by atoms with Crippen LogP contribution in [-0.4, -0.2) is 68.6 Å². The van der Waals surface area contributed by atoms with E-state index in [2.05, 4.69) is 5.32 Å². The normalized spacial score (nSPS) is 36.7. The maximum absolute atomic E-state index is 13.8. The predicted molar refractivity (Wildman–Crippen MR) is 111 cm³/mol. The standard InChI is InChI=1S/C21H34N2O5S/c1-7-28-19(27)15-14-18(26)23(13(10-24)11(2)3)16(17(25)22-12(4)5)21(14)9-8-20(15,6)29-21/h11-16,24H,7-10H2,1-6H3,(H,22,25)/t13-,14-,15-,16?,20+,21?/m0/s1. The van der Waals surface area contributed by atoms with Crippen LogP contribution in [0.25, 0.3) is 0 Å². The van der Waals surface area contributed by atoms with Crippen molar-refractivity contribution in [3.63, 3.8) is 0 Å². The molecule has 0 radical (unpaired) electrons. The molecule has 3 fully saturated rings. The number of carbonyl (C=O) groups is 3. The van der Waals surface area contributed by atoms with Gasteiger partial charge >= 0.3 is 5.97 Å². The number of ether oxygens (including phenoxy) is 1. The largest absolute Gasteiger partial charge is 0.466 e. The molecule has 0 aromatic heterocycles. The van der Waals surface area contributed by atoms with Crippen LogP contribution in [0.4, 0.5) is 0 Å². The van der Waals surface area contributed by atoms with Crippen LogP contribution in [-0.2, 0) is 19.1 Å². The molecule has 0 aliphatic carbocycles. The molecule has 3 heterocycles. The van der Waals surface area contributed by atoms with Gasteiger partial charge in [0.25, 0.3) is 0 Å². The summed E-state index contributed by atoms with van der Waals surface area (Å²) in [6.07, 6.45) is 1.46. The maximum atomic E-state index is 13.8. The summed E-state index contributed by atoms with van der Waals surface area (Å²) in [7, 11) is 0. The molecule has 2 unspecified atom stereocenters. The van der Waals surface area contributed by atoms with E-state index in [1.54, 1.807) is 23.6 Å². The smallest absolute Gasteiger partial charge is 0.311 e. The molecule has 0 saturated carbocycles. The number of amides is 2. The molecule has 2 amide bonds. The van der Waals surface area contributed by atoms with Crippen LogP contribution in [0.2, 0.25) is 0 Å². The van der Waals surface area contributed by atoms with Gasteiger partial charge in [-0.05, 0) is 46.5 Å². The molecule has 3 rings (SSSR count). The number of likely N-dealkylation sites (tertiary alicyclic amines) is 1. The summed E-state index contributed by atoms with van der Waals surface area (Å²) in [6.45, 7) is 11.5. The van der Waals surface area contributed by atoms with Gasteiger partial charge < -0.3 is 20.1 Å². The summed E-state index contributed by atoms with van der Waals surface area (Å²) in [5.41, 5.74) is 0. The number of esters is 1. The second kappa shape index (κ2) is 7.76. The first-order chi connectivity index (χ1) is 13.5. The molecule has 6 atom stereocenters. The second-order valence-corrected chi connectivity index (χ2v) is 11.3. The monoisotopic (exact) mass is 426 g/mol. The molecule has 8 heteroatoms. The van der Waals surface area contributed by atoms with Crippen molar-refractivity contribution in [2.24, 2.45) is 17.8 Å². The van der Waals surface area contributed by atoms with Crippen molar-refractivity contribution in [2.45, 2.75) is 82.0 Å². The van der Waals surface area contributed by atoms with Crippen LogP contribution >= 0.6 is 11.8 Å². The third-order valence-electron chi connectivity index (χ3n) is 6.75. The fraction of sp³-hybridized carbons (Fsp3) is 0.857. The molecule has 2 bridgehead atoms. The number of thioether (sulfide) groups is 1. The molecular weight excluding hydrogens is 392 g/mol. The van der Waals surface area contributed by atoms with Crippen molar-refractivity contribution >= 4 is 29.5 Å². The fourth-order valence-corrected chi connectivity index (χ4v) is 7.93. The predicted octanol–water partition coefficient (Wildman–Crippen LogP) is 1.57. The lowest BCUT2D eigenvalue weighted by Crippen LogP contribution is -2.58. The van der Waals surface area contributed by atoms with E-state index in [0.717, 1.165) is 6.42 Å². The minimum absolute atomic E-state index is 0.0210. The SMILES string of the molecule is CCOC(=O)[C@@H]1[C@H]2C(=O)N([C@@H](CO)C(C)C)C(C(=O)NC(C)C)C23CC[C@@]1(C)S3. The number of carbonyl (C=O) groups excluding carboxylic acids is 3.